The Hall–Kier alpha value is -1.82. The van der Waals surface area contributed by atoms with Gasteiger partial charge in [-0.3, -0.25) is 4.79 Å². The Morgan fingerprint density at radius 2 is 2.10 bits per heavy atom. The maximum absolute atomic E-state index is 12.3. The van der Waals surface area contributed by atoms with Crippen molar-refractivity contribution >= 4 is 38.7 Å². The van der Waals surface area contributed by atoms with Crippen LogP contribution in [0.5, 0.6) is 0 Å². The van der Waals surface area contributed by atoms with Crippen LogP contribution >= 0.6 is 15.9 Å². The van der Waals surface area contributed by atoms with E-state index in [1.807, 2.05) is 25.1 Å². The fourth-order valence-electron chi connectivity index (χ4n) is 2.27. The van der Waals surface area contributed by atoms with Crippen molar-refractivity contribution in [3.05, 3.63) is 34.4 Å². The van der Waals surface area contributed by atoms with Gasteiger partial charge in [-0.2, -0.15) is 0 Å². The number of H-pyrrole nitrogens is 1. The van der Waals surface area contributed by atoms with Gasteiger partial charge in [0.25, 0.3) is 5.91 Å². The minimum atomic E-state index is -1.26. The van der Waals surface area contributed by atoms with Crippen LogP contribution in [-0.4, -0.2) is 27.5 Å². The van der Waals surface area contributed by atoms with E-state index in [9.17, 15) is 14.7 Å². The molecule has 0 aliphatic rings. The second kappa shape index (κ2) is 5.89. The van der Waals surface area contributed by atoms with E-state index in [1.54, 1.807) is 6.07 Å². The summed E-state index contributed by atoms with van der Waals surface area (Å²) in [6, 6.07) is 7.34. The van der Waals surface area contributed by atoms with Gasteiger partial charge in [0.2, 0.25) is 0 Å². The van der Waals surface area contributed by atoms with Gasteiger partial charge < -0.3 is 15.4 Å². The SMILES string of the molecule is CCCC(C)(NC(=O)c1cc2cc(Br)ccc2[nH]1)C(=O)O. The number of hydrogen-bond donors (Lipinski definition) is 3. The van der Waals surface area contributed by atoms with Gasteiger partial charge in [-0.05, 0) is 37.6 Å². The first-order chi connectivity index (χ1) is 9.85. The highest BCUT2D eigenvalue weighted by atomic mass is 79.9. The summed E-state index contributed by atoms with van der Waals surface area (Å²) < 4.78 is 0.919. The Kier molecular flexibility index (Phi) is 4.37. The lowest BCUT2D eigenvalue weighted by Gasteiger charge is -2.25. The fraction of sp³-hybridized carbons (Fsp3) is 0.333. The molecule has 21 heavy (non-hydrogen) atoms. The van der Waals surface area contributed by atoms with E-state index in [1.165, 1.54) is 6.92 Å². The van der Waals surface area contributed by atoms with Gasteiger partial charge in [0.15, 0.2) is 0 Å². The minimum Gasteiger partial charge on any atom is -0.480 e. The normalized spacial score (nSPS) is 13.9. The second-order valence-electron chi connectivity index (χ2n) is 5.26. The average Bonchev–Trinajstić information content (AvgIpc) is 2.81. The predicted molar refractivity (Wildman–Crippen MR) is 84.4 cm³/mol. The number of carboxylic acid groups (broad SMARTS) is 1. The Morgan fingerprint density at radius 1 is 1.38 bits per heavy atom. The summed E-state index contributed by atoms with van der Waals surface area (Å²) in [4.78, 5) is 26.6. The van der Waals surface area contributed by atoms with Crippen molar-refractivity contribution in [1.29, 1.82) is 0 Å². The second-order valence-corrected chi connectivity index (χ2v) is 6.17. The molecular formula is C15H17BrN2O3. The first kappa shape index (κ1) is 15.6. The lowest BCUT2D eigenvalue weighted by molar-refractivity contribution is -0.144. The molecule has 112 valence electrons. The van der Waals surface area contributed by atoms with E-state index >= 15 is 0 Å². The van der Waals surface area contributed by atoms with E-state index in [-0.39, 0.29) is 0 Å². The number of carboxylic acids is 1. The van der Waals surface area contributed by atoms with E-state index in [2.05, 4.69) is 26.2 Å². The number of carbonyl (C=O) groups is 2. The molecule has 6 heteroatoms. The van der Waals surface area contributed by atoms with Gasteiger partial charge >= 0.3 is 5.97 Å². The highest BCUT2D eigenvalue weighted by Crippen LogP contribution is 2.21. The van der Waals surface area contributed by atoms with Crippen LogP contribution in [0.25, 0.3) is 10.9 Å². The third-order valence-corrected chi connectivity index (χ3v) is 3.93. The zero-order chi connectivity index (χ0) is 15.6. The fourth-order valence-corrected chi connectivity index (χ4v) is 2.65. The zero-order valence-corrected chi connectivity index (χ0v) is 13.5. The monoisotopic (exact) mass is 352 g/mol. The first-order valence-electron chi connectivity index (χ1n) is 6.70. The molecule has 1 heterocycles. The molecule has 2 rings (SSSR count). The summed E-state index contributed by atoms with van der Waals surface area (Å²) in [6.45, 7) is 3.41. The number of aromatic amines is 1. The van der Waals surface area contributed by atoms with E-state index in [0.717, 1.165) is 15.4 Å². The first-order valence-corrected chi connectivity index (χ1v) is 7.49. The average molecular weight is 353 g/mol. The number of halogens is 1. The maximum Gasteiger partial charge on any atom is 0.329 e. The van der Waals surface area contributed by atoms with Crippen LogP contribution in [0, 0.1) is 0 Å². The molecule has 2 aromatic rings. The van der Waals surface area contributed by atoms with Crippen molar-refractivity contribution < 1.29 is 14.7 Å². The molecule has 1 aromatic heterocycles. The number of hydrogen-bond acceptors (Lipinski definition) is 2. The highest BCUT2D eigenvalue weighted by molar-refractivity contribution is 9.10. The molecule has 3 N–H and O–H groups in total. The van der Waals surface area contributed by atoms with Crippen LogP contribution in [-0.2, 0) is 4.79 Å². The van der Waals surface area contributed by atoms with Gasteiger partial charge in [-0.1, -0.05) is 29.3 Å². The molecule has 1 amide bonds. The quantitative estimate of drug-likeness (QED) is 0.771. The maximum atomic E-state index is 12.3. The summed E-state index contributed by atoms with van der Waals surface area (Å²) in [7, 11) is 0. The molecular weight excluding hydrogens is 336 g/mol. The van der Waals surface area contributed by atoms with Crippen molar-refractivity contribution in [2.45, 2.75) is 32.2 Å². The van der Waals surface area contributed by atoms with Gasteiger partial charge in [-0.15, -0.1) is 0 Å². The van der Waals surface area contributed by atoms with Crippen LogP contribution in [0.1, 0.15) is 37.2 Å². The van der Waals surface area contributed by atoms with Crippen molar-refractivity contribution in [3.63, 3.8) is 0 Å². The molecule has 0 fully saturated rings. The van der Waals surface area contributed by atoms with Gasteiger partial charge in [0.05, 0.1) is 0 Å². The summed E-state index contributed by atoms with van der Waals surface area (Å²) in [5.41, 5.74) is -0.0773. The Morgan fingerprint density at radius 3 is 2.71 bits per heavy atom. The molecule has 1 aromatic carbocycles. The predicted octanol–water partition coefficient (Wildman–Crippen LogP) is 3.30. The lowest BCUT2D eigenvalue weighted by atomic mass is 9.96. The molecule has 0 bridgehead atoms. The third kappa shape index (κ3) is 3.26. The van der Waals surface area contributed by atoms with Crippen molar-refractivity contribution in [1.82, 2.24) is 10.3 Å². The van der Waals surface area contributed by atoms with E-state index in [0.29, 0.717) is 18.5 Å². The Balaban J connectivity index is 2.27. The van der Waals surface area contributed by atoms with E-state index < -0.39 is 17.4 Å². The summed E-state index contributed by atoms with van der Waals surface area (Å²) >= 11 is 3.37. The number of nitrogens with one attached hydrogen (secondary N) is 2. The Labute approximate surface area is 130 Å². The van der Waals surface area contributed by atoms with Crippen LogP contribution < -0.4 is 5.32 Å². The van der Waals surface area contributed by atoms with Crippen molar-refractivity contribution in [2.24, 2.45) is 0 Å². The Bertz CT molecular complexity index is 695. The topological polar surface area (TPSA) is 82.2 Å². The third-order valence-electron chi connectivity index (χ3n) is 3.44. The summed E-state index contributed by atoms with van der Waals surface area (Å²) in [6.07, 6.45) is 1.04. The van der Waals surface area contributed by atoms with Gasteiger partial charge in [0.1, 0.15) is 11.2 Å². The number of fused-ring (bicyclic) bond motifs is 1. The zero-order valence-electron chi connectivity index (χ0n) is 11.9. The molecule has 0 saturated carbocycles. The molecule has 1 atom stereocenters. The number of carbonyl (C=O) groups excluding carboxylic acids is 1. The van der Waals surface area contributed by atoms with Crippen LogP contribution in [0.15, 0.2) is 28.7 Å². The van der Waals surface area contributed by atoms with Crippen molar-refractivity contribution in [3.8, 4) is 0 Å². The molecule has 5 nitrogen and oxygen atoms in total. The molecule has 0 saturated heterocycles. The number of aliphatic carboxylic acids is 1. The van der Waals surface area contributed by atoms with Crippen molar-refractivity contribution in [2.75, 3.05) is 0 Å². The number of benzene rings is 1. The number of amides is 1. The molecule has 0 spiro atoms. The summed E-state index contributed by atoms with van der Waals surface area (Å²) in [5.74, 6) is -1.45. The standard InChI is InChI=1S/C15H17BrN2O3/c1-3-6-15(2,14(20)21)18-13(19)12-8-9-7-10(16)4-5-11(9)17-12/h4-5,7-8,17H,3,6H2,1-2H3,(H,18,19)(H,20,21). The minimum absolute atomic E-state index is 0.353. The smallest absolute Gasteiger partial charge is 0.329 e. The highest BCUT2D eigenvalue weighted by Gasteiger charge is 2.34. The molecule has 1 unspecified atom stereocenters. The van der Waals surface area contributed by atoms with Crippen LogP contribution in [0.2, 0.25) is 0 Å². The largest absolute Gasteiger partial charge is 0.480 e. The number of aromatic nitrogens is 1. The van der Waals surface area contributed by atoms with Crippen LogP contribution in [0.3, 0.4) is 0 Å². The molecule has 0 aliphatic heterocycles. The molecule has 0 radical (unpaired) electrons. The summed E-state index contributed by atoms with van der Waals surface area (Å²) in [5, 5.41) is 12.8. The van der Waals surface area contributed by atoms with Gasteiger partial charge in [0, 0.05) is 15.4 Å². The lowest BCUT2D eigenvalue weighted by Crippen LogP contribution is -2.52. The van der Waals surface area contributed by atoms with E-state index in [4.69, 9.17) is 0 Å². The van der Waals surface area contributed by atoms with Crippen LogP contribution in [0.4, 0.5) is 0 Å². The van der Waals surface area contributed by atoms with Gasteiger partial charge in [-0.25, -0.2) is 4.79 Å². The molecule has 0 aliphatic carbocycles. The number of rotatable bonds is 5.